The van der Waals surface area contributed by atoms with Crippen molar-refractivity contribution in [3.05, 3.63) is 0 Å². The van der Waals surface area contributed by atoms with E-state index in [2.05, 4.69) is 21.3 Å². The normalized spacial score (nSPS) is 13.9. The molecule has 0 saturated carbocycles. The van der Waals surface area contributed by atoms with Crippen LogP contribution in [-0.2, 0) is 33.6 Å². The summed E-state index contributed by atoms with van der Waals surface area (Å²) in [6.07, 6.45) is -0.0783. The fourth-order valence-corrected chi connectivity index (χ4v) is 3.32. The Labute approximate surface area is 215 Å². The molecule has 0 aromatic carbocycles. The van der Waals surface area contributed by atoms with Crippen molar-refractivity contribution in [2.24, 2.45) is 22.9 Å². The molecule has 210 valence electrons. The third-order valence-electron chi connectivity index (χ3n) is 5.47. The quantitative estimate of drug-likeness (QED) is 0.0767. The summed E-state index contributed by atoms with van der Waals surface area (Å²) >= 11 is 0. The maximum Gasteiger partial charge on any atom is 0.243 e. The lowest BCUT2D eigenvalue weighted by Gasteiger charge is -2.26. The van der Waals surface area contributed by atoms with Crippen LogP contribution in [0.25, 0.3) is 0 Å². The molecular weight excluding hydrogens is 488 g/mol. The zero-order chi connectivity index (χ0) is 28.5. The van der Waals surface area contributed by atoms with Crippen LogP contribution in [0.3, 0.4) is 0 Å². The van der Waals surface area contributed by atoms with E-state index in [-0.39, 0.29) is 51.5 Å². The molecule has 0 fully saturated rings. The van der Waals surface area contributed by atoms with Crippen molar-refractivity contribution in [3.63, 3.8) is 0 Å². The SMILES string of the molecule is CN[C@@H](CCC(N)=O)C(=O)N[C@@H](CCCN)C(=O)N[C@@H](CCC(N)=O)C(=O)N[C@@H](CCC(N)=O)C(C)=O. The Morgan fingerprint density at radius 3 is 1.32 bits per heavy atom. The number of nitrogens with one attached hydrogen (secondary N) is 4. The van der Waals surface area contributed by atoms with E-state index >= 15 is 0 Å². The summed E-state index contributed by atoms with van der Waals surface area (Å²) in [6.45, 7) is 1.44. The topological polar surface area (TPSA) is 272 Å². The van der Waals surface area contributed by atoms with Gasteiger partial charge in [0.2, 0.25) is 35.4 Å². The van der Waals surface area contributed by atoms with Gasteiger partial charge < -0.3 is 44.2 Å². The molecular formula is C22H40N8O7. The fraction of sp³-hybridized carbons (Fsp3) is 0.682. The van der Waals surface area contributed by atoms with E-state index in [9.17, 15) is 33.6 Å². The standard InChI is InChI=1S/C22H40N8O7/c1-12(31)13(5-8-17(24)32)28-22(37)16(7-10-19(26)34)30-21(36)15(4-3-11-23)29-20(35)14(27-2)6-9-18(25)33/h13-16,27H,3-11,23H2,1-2H3,(H2,24,32)(H2,25,33)(H2,26,34)(H,28,37)(H,29,35)(H,30,36)/t13-,14-,15-,16-/m0/s1. The summed E-state index contributed by atoms with van der Waals surface area (Å²) in [4.78, 5) is 84.1. The van der Waals surface area contributed by atoms with E-state index in [4.69, 9.17) is 22.9 Å². The van der Waals surface area contributed by atoms with Gasteiger partial charge in [-0.05, 0) is 52.6 Å². The molecule has 0 aliphatic heterocycles. The van der Waals surface area contributed by atoms with Crippen molar-refractivity contribution in [1.29, 1.82) is 0 Å². The highest BCUT2D eigenvalue weighted by atomic mass is 16.2. The number of hydrogen-bond donors (Lipinski definition) is 8. The maximum atomic E-state index is 13.1. The average molecular weight is 529 g/mol. The first-order valence-electron chi connectivity index (χ1n) is 12.0. The summed E-state index contributed by atoms with van der Waals surface area (Å²) in [5, 5.41) is 10.3. The van der Waals surface area contributed by atoms with E-state index in [1.807, 2.05) is 0 Å². The Hall–Kier alpha value is -3.59. The van der Waals surface area contributed by atoms with E-state index < -0.39 is 65.4 Å². The largest absolute Gasteiger partial charge is 0.370 e. The first-order valence-corrected chi connectivity index (χ1v) is 12.0. The molecule has 0 bridgehead atoms. The molecule has 0 heterocycles. The van der Waals surface area contributed by atoms with Crippen molar-refractivity contribution in [1.82, 2.24) is 21.3 Å². The molecule has 6 amide bonds. The second-order valence-electron chi connectivity index (χ2n) is 8.58. The fourth-order valence-electron chi connectivity index (χ4n) is 3.32. The summed E-state index contributed by atoms with van der Waals surface area (Å²) in [5.41, 5.74) is 21.0. The molecule has 15 heteroatoms. The molecule has 15 nitrogen and oxygen atoms in total. The predicted molar refractivity (Wildman–Crippen MR) is 133 cm³/mol. The van der Waals surface area contributed by atoms with Crippen LogP contribution < -0.4 is 44.2 Å². The van der Waals surface area contributed by atoms with E-state index in [0.717, 1.165) is 0 Å². The van der Waals surface area contributed by atoms with Gasteiger partial charge >= 0.3 is 0 Å². The van der Waals surface area contributed by atoms with Crippen LogP contribution in [0.5, 0.6) is 0 Å². The first-order chi connectivity index (χ1) is 17.3. The van der Waals surface area contributed by atoms with Crippen molar-refractivity contribution >= 4 is 41.2 Å². The first kappa shape index (κ1) is 33.4. The number of nitrogens with two attached hydrogens (primary N) is 4. The highest BCUT2D eigenvalue weighted by Gasteiger charge is 2.30. The minimum absolute atomic E-state index is 0.0429. The van der Waals surface area contributed by atoms with Gasteiger partial charge in [0, 0.05) is 19.3 Å². The highest BCUT2D eigenvalue weighted by Crippen LogP contribution is 2.06. The van der Waals surface area contributed by atoms with Crippen LogP contribution in [0.1, 0.15) is 58.3 Å². The Morgan fingerprint density at radius 2 is 0.946 bits per heavy atom. The van der Waals surface area contributed by atoms with E-state index in [1.165, 1.54) is 14.0 Å². The second-order valence-corrected chi connectivity index (χ2v) is 8.58. The van der Waals surface area contributed by atoms with Crippen molar-refractivity contribution in [2.45, 2.75) is 82.5 Å². The van der Waals surface area contributed by atoms with Crippen molar-refractivity contribution in [2.75, 3.05) is 13.6 Å². The zero-order valence-corrected chi connectivity index (χ0v) is 21.3. The van der Waals surface area contributed by atoms with Gasteiger partial charge in [-0.15, -0.1) is 0 Å². The molecule has 0 aliphatic rings. The van der Waals surface area contributed by atoms with Crippen LogP contribution in [0.4, 0.5) is 0 Å². The number of amides is 6. The maximum absolute atomic E-state index is 13.1. The monoisotopic (exact) mass is 528 g/mol. The van der Waals surface area contributed by atoms with Gasteiger partial charge in [-0.3, -0.25) is 33.6 Å². The Kier molecular flexibility index (Phi) is 16.1. The van der Waals surface area contributed by atoms with Crippen LogP contribution in [0, 0.1) is 0 Å². The van der Waals surface area contributed by atoms with Gasteiger partial charge in [-0.2, -0.15) is 0 Å². The molecule has 0 aromatic heterocycles. The lowest BCUT2D eigenvalue weighted by Crippen LogP contribution is -2.57. The van der Waals surface area contributed by atoms with E-state index in [0.29, 0.717) is 6.42 Å². The minimum Gasteiger partial charge on any atom is -0.370 e. The number of primary amides is 3. The smallest absolute Gasteiger partial charge is 0.243 e. The Bertz CT molecular complexity index is 836. The lowest BCUT2D eigenvalue weighted by atomic mass is 10.0. The van der Waals surface area contributed by atoms with Gasteiger partial charge in [-0.25, -0.2) is 0 Å². The number of rotatable bonds is 20. The highest BCUT2D eigenvalue weighted by molar-refractivity contribution is 5.95. The molecule has 0 rings (SSSR count). The molecule has 12 N–H and O–H groups in total. The van der Waals surface area contributed by atoms with Crippen LogP contribution >= 0.6 is 0 Å². The molecule has 0 unspecified atom stereocenters. The van der Waals surface area contributed by atoms with Gasteiger partial charge in [0.25, 0.3) is 0 Å². The summed E-state index contributed by atoms with van der Waals surface area (Å²) in [7, 11) is 1.51. The minimum atomic E-state index is -1.28. The molecule has 0 radical (unpaired) electrons. The van der Waals surface area contributed by atoms with E-state index in [1.54, 1.807) is 0 Å². The number of likely N-dealkylation sites (N-methyl/N-ethyl adjacent to an activating group) is 1. The average Bonchev–Trinajstić information content (AvgIpc) is 2.81. The Morgan fingerprint density at radius 1 is 0.595 bits per heavy atom. The van der Waals surface area contributed by atoms with Crippen molar-refractivity contribution in [3.8, 4) is 0 Å². The number of hydrogen-bond acceptors (Lipinski definition) is 9. The van der Waals surface area contributed by atoms with Gasteiger partial charge in [0.05, 0.1) is 12.1 Å². The molecule has 0 spiro atoms. The van der Waals surface area contributed by atoms with Crippen LogP contribution in [0.15, 0.2) is 0 Å². The number of Topliss-reactive ketones (excluding diaryl/α,β-unsaturated/α-hetero) is 1. The second kappa shape index (κ2) is 17.8. The third kappa shape index (κ3) is 14.5. The molecule has 37 heavy (non-hydrogen) atoms. The summed E-state index contributed by atoms with van der Waals surface area (Å²) in [6, 6.07) is -4.22. The van der Waals surface area contributed by atoms with Crippen molar-refractivity contribution < 1.29 is 33.6 Å². The predicted octanol–water partition coefficient (Wildman–Crippen LogP) is -3.85. The van der Waals surface area contributed by atoms with Crippen LogP contribution in [0.2, 0.25) is 0 Å². The summed E-state index contributed by atoms with van der Waals surface area (Å²) in [5.74, 6) is -4.48. The van der Waals surface area contributed by atoms with Gasteiger partial charge in [0.1, 0.15) is 12.1 Å². The lowest BCUT2D eigenvalue weighted by molar-refractivity contribution is -0.134. The summed E-state index contributed by atoms with van der Waals surface area (Å²) < 4.78 is 0. The number of carbonyl (C=O) groups is 7. The Balaban J connectivity index is 5.61. The molecule has 0 aliphatic carbocycles. The molecule has 0 aromatic rings. The zero-order valence-electron chi connectivity index (χ0n) is 21.3. The number of ketones is 1. The van der Waals surface area contributed by atoms with Gasteiger partial charge in [-0.1, -0.05) is 0 Å². The molecule has 4 atom stereocenters. The third-order valence-corrected chi connectivity index (χ3v) is 5.47. The van der Waals surface area contributed by atoms with Gasteiger partial charge in [0.15, 0.2) is 5.78 Å². The van der Waals surface area contributed by atoms with Crippen LogP contribution in [-0.4, -0.2) is 79.0 Å². The molecule has 0 saturated heterocycles. The number of carbonyl (C=O) groups excluding carboxylic acids is 7.